The quantitative estimate of drug-likeness (QED) is 0.0204. The topological polar surface area (TPSA) is 228 Å². The van der Waals surface area contributed by atoms with Crippen molar-refractivity contribution in [3.05, 3.63) is 36.5 Å². The normalized spacial score (nSPS) is 25.3. The molecule has 2 heterocycles. The third-order valence-corrected chi connectivity index (χ3v) is 15.1. The average molecular weight is 1070 g/mol. The lowest BCUT2D eigenvalue weighted by atomic mass is 9.97. The SMILES string of the molecule is CCCCCCC/C=C\C/C=C\CCCCCCCCCCCCCCCC(=O)NC(COC1OC(CO)C(OC2OC(CO)C(O)C(O)C2O)C(O)C1O)C(O)/C=C/CCCCCCCCCCCCCCCC. The van der Waals surface area contributed by atoms with E-state index in [9.17, 15) is 45.6 Å². The number of amides is 1. The minimum atomic E-state index is -1.79. The van der Waals surface area contributed by atoms with Crippen molar-refractivity contribution < 1.29 is 64.6 Å². The first-order valence-electron chi connectivity index (χ1n) is 30.7. The van der Waals surface area contributed by atoms with Gasteiger partial charge in [-0.3, -0.25) is 4.79 Å². The number of aliphatic hydroxyl groups is 8. The van der Waals surface area contributed by atoms with Gasteiger partial charge in [-0.05, 0) is 51.4 Å². The first kappa shape index (κ1) is 69.3. The average Bonchev–Trinajstić information content (AvgIpc) is 3.41. The molecule has 1 amide bonds. The van der Waals surface area contributed by atoms with E-state index < -0.39 is 86.8 Å². The van der Waals surface area contributed by atoms with Gasteiger partial charge in [-0.1, -0.05) is 230 Å². The zero-order valence-corrected chi connectivity index (χ0v) is 47.3. The predicted octanol–water partition coefficient (Wildman–Crippen LogP) is 10.6. The lowest BCUT2D eigenvalue weighted by Gasteiger charge is -2.46. The molecule has 12 atom stereocenters. The van der Waals surface area contributed by atoms with Crippen LogP contribution in [0.5, 0.6) is 0 Å². The molecule has 2 rings (SSSR count). The van der Waals surface area contributed by atoms with Crippen LogP contribution >= 0.6 is 0 Å². The number of hydrogen-bond acceptors (Lipinski definition) is 13. The van der Waals surface area contributed by atoms with Crippen LogP contribution < -0.4 is 5.32 Å². The van der Waals surface area contributed by atoms with Gasteiger partial charge in [-0.25, -0.2) is 0 Å². The van der Waals surface area contributed by atoms with Crippen LogP contribution in [0.15, 0.2) is 36.5 Å². The standard InChI is InChI=1S/C61H113NO13/c1-3-5-7-9-11-13-15-17-19-21-22-23-24-25-26-27-28-29-31-33-35-37-39-41-43-45-53(66)62-49(50(65)44-42-40-38-36-34-32-30-20-18-16-14-12-10-8-6-4-2)48-72-60-58(71)56(69)59(52(47-64)74-60)75-61-57(70)55(68)54(67)51(46-63)73-61/h15,17,21-22,42,44,49-52,54-61,63-65,67-71H,3-14,16,18-20,23-41,43,45-48H2,1-2H3,(H,62,66)/b17-15-,22-21-,44-42+. The third-order valence-electron chi connectivity index (χ3n) is 15.1. The van der Waals surface area contributed by atoms with E-state index >= 15 is 0 Å². The van der Waals surface area contributed by atoms with Gasteiger partial charge in [0.1, 0.15) is 48.8 Å². The number of rotatable bonds is 49. The monoisotopic (exact) mass is 1070 g/mol. The molecule has 12 unspecified atom stereocenters. The zero-order valence-electron chi connectivity index (χ0n) is 47.3. The molecule has 0 aromatic carbocycles. The molecule has 2 aliphatic rings. The van der Waals surface area contributed by atoms with Crippen molar-refractivity contribution >= 4 is 5.91 Å². The molecule has 9 N–H and O–H groups in total. The van der Waals surface area contributed by atoms with Crippen molar-refractivity contribution in [3.63, 3.8) is 0 Å². The van der Waals surface area contributed by atoms with Crippen LogP contribution in [0.4, 0.5) is 0 Å². The molecule has 440 valence electrons. The molecular weight excluding hydrogens is 955 g/mol. The van der Waals surface area contributed by atoms with Crippen LogP contribution in [0.25, 0.3) is 0 Å². The van der Waals surface area contributed by atoms with E-state index in [1.54, 1.807) is 6.08 Å². The highest BCUT2D eigenvalue weighted by Crippen LogP contribution is 2.30. The fraction of sp³-hybridized carbons (Fsp3) is 0.885. The summed E-state index contributed by atoms with van der Waals surface area (Å²) in [5.41, 5.74) is 0. The molecule has 0 radical (unpaired) electrons. The fourth-order valence-corrected chi connectivity index (χ4v) is 10.1. The number of ether oxygens (including phenoxy) is 4. The summed E-state index contributed by atoms with van der Waals surface area (Å²) < 4.78 is 22.8. The van der Waals surface area contributed by atoms with Gasteiger partial charge in [0, 0.05) is 6.42 Å². The number of carbonyl (C=O) groups is 1. The summed E-state index contributed by atoms with van der Waals surface area (Å²) in [6.07, 6.45) is 40.4. The maximum Gasteiger partial charge on any atom is 0.220 e. The van der Waals surface area contributed by atoms with E-state index in [1.165, 1.54) is 180 Å². The van der Waals surface area contributed by atoms with Crippen molar-refractivity contribution in [1.82, 2.24) is 5.32 Å². The van der Waals surface area contributed by atoms with Crippen molar-refractivity contribution in [2.24, 2.45) is 0 Å². The Bertz CT molecular complexity index is 1400. The molecule has 14 heteroatoms. The zero-order chi connectivity index (χ0) is 54.6. The molecule has 14 nitrogen and oxygen atoms in total. The molecular formula is C61H113NO13. The van der Waals surface area contributed by atoms with Gasteiger partial charge in [0.2, 0.25) is 5.91 Å². The summed E-state index contributed by atoms with van der Waals surface area (Å²) in [4.78, 5) is 13.3. The first-order chi connectivity index (χ1) is 36.6. The number of allylic oxidation sites excluding steroid dienone is 5. The summed E-state index contributed by atoms with van der Waals surface area (Å²) in [5, 5.41) is 87.1. The van der Waals surface area contributed by atoms with Crippen LogP contribution in [0.2, 0.25) is 0 Å². The number of nitrogens with one attached hydrogen (secondary N) is 1. The Labute approximate surface area is 455 Å². The van der Waals surface area contributed by atoms with Crippen LogP contribution in [0.3, 0.4) is 0 Å². The molecule has 2 fully saturated rings. The number of carbonyl (C=O) groups excluding carboxylic acids is 1. The van der Waals surface area contributed by atoms with Crippen molar-refractivity contribution in [2.75, 3.05) is 19.8 Å². The first-order valence-corrected chi connectivity index (χ1v) is 30.7. The Kier molecular flexibility index (Phi) is 43.5. The molecule has 0 bridgehead atoms. The smallest absolute Gasteiger partial charge is 0.220 e. The van der Waals surface area contributed by atoms with Crippen molar-refractivity contribution in [2.45, 2.75) is 325 Å². The van der Waals surface area contributed by atoms with Crippen molar-refractivity contribution in [1.29, 1.82) is 0 Å². The maximum atomic E-state index is 13.3. The van der Waals surface area contributed by atoms with Crippen LogP contribution in [-0.2, 0) is 23.7 Å². The molecule has 0 aromatic heterocycles. The molecule has 0 saturated carbocycles. The minimum absolute atomic E-state index is 0.239. The number of aliphatic hydroxyl groups excluding tert-OH is 8. The van der Waals surface area contributed by atoms with Gasteiger partial charge in [0.05, 0.1) is 32.0 Å². The summed E-state index contributed by atoms with van der Waals surface area (Å²) in [7, 11) is 0. The van der Waals surface area contributed by atoms with E-state index in [4.69, 9.17) is 18.9 Å². The van der Waals surface area contributed by atoms with Gasteiger partial charge in [0.25, 0.3) is 0 Å². The van der Waals surface area contributed by atoms with E-state index in [2.05, 4.69) is 43.5 Å². The second kappa shape index (κ2) is 47.1. The highest BCUT2D eigenvalue weighted by molar-refractivity contribution is 5.76. The molecule has 75 heavy (non-hydrogen) atoms. The highest BCUT2D eigenvalue weighted by Gasteiger charge is 2.51. The molecule has 0 spiro atoms. The van der Waals surface area contributed by atoms with Crippen LogP contribution in [-0.4, -0.2) is 140 Å². The Hall–Kier alpha value is -1.79. The van der Waals surface area contributed by atoms with Gasteiger partial charge in [-0.2, -0.15) is 0 Å². The summed E-state index contributed by atoms with van der Waals surface area (Å²) in [6.45, 7) is 2.80. The Balaban J connectivity index is 1.73. The van der Waals surface area contributed by atoms with E-state index in [-0.39, 0.29) is 18.9 Å². The number of unbranched alkanes of at least 4 members (excludes halogenated alkanes) is 32. The van der Waals surface area contributed by atoms with Gasteiger partial charge >= 0.3 is 0 Å². The predicted molar refractivity (Wildman–Crippen MR) is 300 cm³/mol. The molecule has 0 aliphatic carbocycles. The van der Waals surface area contributed by atoms with Crippen LogP contribution in [0.1, 0.15) is 251 Å². The Morgan fingerprint density at radius 1 is 0.480 bits per heavy atom. The van der Waals surface area contributed by atoms with E-state index in [1.807, 2.05) is 6.08 Å². The molecule has 0 aromatic rings. The van der Waals surface area contributed by atoms with Crippen LogP contribution in [0, 0.1) is 0 Å². The Morgan fingerprint density at radius 2 is 0.880 bits per heavy atom. The lowest BCUT2D eigenvalue weighted by Crippen LogP contribution is -2.65. The van der Waals surface area contributed by atoms with Crippen molar-refractivity contribution in [3.8, 4) is 0 Å². The maximum absolute atomic E-state index is 13.3. The second-order valence-electron chi connectivity index (χ2n) is 21.8. The molecule has 2 aliphatic heterocycles. The Morgan fingerprint density at radius 3 is 1.33 bits per heavy atom. The second-order valence-corrected chi connectivity index (χ2v) is 21.8. The minimum Gasteiger partial charge on any atom is -0.394 e. The molecule has 2 saturated heterocycles. The summed E-state index contributed by atoms with van der Waals surface area (Å²) in [6, 6.07) is -0.914. The number of hydrogen-bond donors (Lipinski definition) is 9. The largest absolute Gasteiger partial charge is 0.394 e. The van der Waals surface area contributed by atoms with Gasteiger partial charge in [-0.15, -0.1) is 0 Å². The van der Waals surface area contributed by atoms with Gasteiger partial charge in [0.15, 0.2) is 12.6 Å². The van der Waals surface area contributed by atoms with E-state index in [0.29, 0.717) is 6.42 Å². The summed E-state index contributed by atoms with van der Waals surface area (Å²) in [5.74, 6) is -0.239. The highest BCUT2D eigenvalue weighted by atomic mass is 16.7. The van der Waals surface area contributed by atoms with E-state index in [0.717, 1.165) is 44.9 Å². The third kappa shape index (κ3) is 32.8. The lowest BCUT2D eigenvalue weighted by molar-refractivity contribution is -0.359. The summed E-state index contributed by atoms with van der Waals surface area (Å²) >= 11 is 0. The van der Waals surface area contributed by atoms with Gasteiger partial charge < -0.3 is 65.1 Å². The fourth-order valence-electron chi connectivity index (χ4n) is 10.1.